The van der Waals surface area contributed by atoms with Crippen LogP contribution in [-0.2, 0) is 11.3 Å². The van der Waals surface area contributed by atoms with Crippen molar-refractivity contribution in [2.75, 3.05) is 31.3 Å². The molecule has 1 atom stereocenters. The van der Waals surface area contributed by atoms with Crippen molar-refractivity contribution in [3.63, 3.8) is 0 Å². The highest BCUT2D eigenvalue weighted by molar-refractivity contribution is 6.05. The highest BCUT2D eigenvalue weighted by Crippen LogP contribution is 2.39. The summed E-state index contributed by atoms with van der Waals surface area (Å²) < 4.78 is 5.73. The fourth-order valence-corrected chi connectivity index (χ4v) is 3.83. The van der Waals surface area contributed by atoms with Gasteiger partial charge in [-0.2, -0.15) is 10.2 Å². The number of pyridine rings is 1. The highest BCUT2D eigenvalue weighted by atomic mass is 16.7. The van der Waals surface area contributed by atoms with Crippen molar-refractivity contribution >= 4 is 11.6 Å². The fraction of sp³-hybridized carbons (Fsp3) is 0.550. The van der Waals surface area contributed by atoms with Gasteiger partial charge >= 0.3 is 5.91 Å². The van der Waals surface area contributed by atoms with Gasteiger partial charge in [-0.25, -0.2) is 4.98 Å². The quantitative estimate of drug-likeness (QED) is 0.704. The summed E-state index contributed by atoms with van der Waals surface area (Å²) in [7, 11) is 0. The molecule has 1 aliphatic carbocycles. The first-order chi connectivity index (χ1) is 13.7. The van der Waals surface area contributed by atoms with Crippen LogP contribution >= 0.6 is 0 Å². The van der Waals surface area contributed by atoms with Crippen molar-refractivity contribution in [3.8, 4) is 5.88 Å². The Bertz CT molecular complexity index is 816. The van der Waals surface area contributed by atoms with E-state index in [-0.39, 0.29) is 12.0 Å². The number of ether oxygens (including phenoxy) is 1. The molecule has 0 saturated heterocycles. The first-order valence-electron chi connectivity index (χ1n) is 10.1. The first kappa shape index (κ1) is 18.9. The van der Waals surface area contributed by atoms with E-state index in [1.54, 1.807) is 18.3 Å². The molecular weight excluding hydrogens is 358 g/mol. The molecule has 0 bridgehead atoms. The van der Waals surface area contributed by atoms with Crippen molar-refractivity contribution in [2.45, 2.75) is 45.6 Å². The number of hydrogen-bond acceptors (Lipinski definition) is 6. The fourth-order valence-electron chi connectivity index (χ4n) is 3.83. The van der Waals surface area contributed by atoms with Gasteiger partial charge in [0, 0.05) is 23.9 Å². The Morgan fingerprint density at radius 1 is 1.36 bits per heavy atom. The zero-order chi connectivity index (χ0) is 19.5. The van der Waals surface area contributed by atoms with Crippen molar-refractivity contribution < 1.29 is 14.4 Å². The number of amides is 1. The Labute approximate surface area is 164 Å². The third-order valence-corrected chi connectivity index (χ3v) is 5.44. The summed E-state index contributed by atoms with van der Waals surface area (Å²) >= 11 is 0. The molecule has 1 unspecified atom stereocenters. The molecule has 3 heterocycles. The Balaban J connectivity index is 1.38. The van der Waals surface area contributed by atoms with Crippen LogP contribution in [0, 0.1) is 0 Å². The van der Waals surface area contributed by atoms with Gasteiger partial charge in [-0.05, 0) is 44.8 Å². The lowest BCUT2D eigenvalue weighted by Crippen LogP contribution is -2.39. The SMILES string of the molecule is CCN(CC)CCCOc1ccc(N2OC3CCCc4[nH]nc(c43)C2=O)cn1. The van der Waals surface area contributed by atoms with Gasteiger partial charge < -0.3 is 9.64 Å². The molecule has 0 radical (unpaired) electrons. The van der Waals surface area contributed by atoms with Crippen LogP contribution in [0.25, 0.3) is 0 Å². The molecule has 0 fully saturated rings. The average molecular weight is 385 g/mol. The molecule has 150 valence electrons. The summed E-state index contributed by atoms with van der Waals surface area (Å²) in [5.74, 6) is 0.290. The average Bonchev–Trinajstić information content (AvgIpc) is 3.17. The molecule has 0 spiro atoms. The number of carbonyl (C=O) groups excluding carboxylic acids is 1. The normalized spacial score (nSPS) is 18.5. The van der Waals surface area contributed by atoms with Gasteiger partial charge in [-0.1, -0.05) is 13.8 Å². The van der Waals surface area contributed by atoms with E-state index < -0.39 is 0 Å². The highest BCUT2D eigenvalue weighted by Gasteiger charge is 2.39. The second kappa shape index (κ2) is 8.28. The van der Waals surface area contributed by atoms with Gasteiger partial charge in [0.2, 0.25) is 5.88 Å². The van der Waals surface area contributed by atoms with E-state index in [9.17, 15) is 4.79 Å². The maximum Gasteiger partial charge on any atom is 0.303 e. The topological polar surface area (TPSA) is 83.6 Å². The minimum atomic E-state index is -0.259. The number of rotatable bonds is 8. The van der Waals surface area contributed by atoms with Gasteiger partial charge in [-0.3, -0.25) is 14.7 Å². The zero-order valence-electron chi connectivity index (χ0n) is 16.5. The van der Waals surface area contributed by atoms with Gasteiger partial charge in [0.05, 0.1) is 18.5 Å². The number of hydroxylamine groups is 1. The lowest BCUT2D eigenvalue weighted by atomic mass is 9.92. The van der Waals surface area contributed by atoms with Crippen LogP contribution in [0.5, 0.6) is 5.88 Å². The Morgan fingerprint density at radius 2 is 2.21 bits per heavy atom. The Morgan fingerprint density at radius 3 is 2.96 bits per heavy atom. The van der Waals surface area contributed by atoms with Crippen LogP contribution in [0.4, 0.5) is 5.69 Å². The van der Waals surface area contributed by atoms with E-state index in [0.29, 0.717) is 23.9 Å². The molecule has 8 heteroatoms. The standard InChI is InChI=1S/C20H27N5O3/c1-3-24(4-2)11-6-12-27-17-10-9-14(13-21-17)25-20(26)19-18-15(22-23-19)7-5-8-16(18)28-25/h9-10,13,16H,3-8,11-12H2,1-2H3,(H,22,23). The maximum atomic E-state index is 12.8. The van der Waals surface area contributed by atoms with Crippen LogP contribution in [-0.4, -0.2) is 52.2 Å². The smallest absolute Gasteiger partial charge is 0.303 e. The Kier molecular flexibility index (Phi) is 5.59. The van der Waals surface area contributed by atoms with E-state index in [2.05, 4.69) is 33.9 Å². The van der Waals surface area contributed by atoms with Crippen molar-refractivity contribution in [1.82, 2.24) is 20.1 Å². The second-order valence-electron chi connectivity index (χ2n) is 7.13. The van der Waals surface area contributed by atoms with Crippen molar-refractivity contribution in [1.29, 1.82) is 0 Å². The molecule has 1 N–H and O–H groups in total. The summed E-state index contributed by atoms with van der Waals surface area (Å²) in [6.45, 7) is 8.05. The van der Waals surface area contributed by atoms with E-state index in [1.807, 2.05) is 0 Å². The van der Waals surface area contributed by atoms with Crippen LogP contribution in [0.15, 0.2) is 18.3 Å². The zero-order valence-corrected chi connectivity index (χ0v) is 16.5. The lowest BCUT2D eigenvalue weighted by molar-refractivity contribution is 0.00958. The summed E-state index contributed by atoms with van der Waals surface area (Å²) in [6, 6.07) is 3.57. The predicted molar refractivity (Wildman–Crippen MR) is 104 cm³/mol. The summed E-state index contributed by atoms with van der Waals surface area (Å²) in [5, 5.41) is 8.52. The summed E-state index contributed by atoms with van der Waals surface area (Å²) in [6.07, 6.45) is 5.23. The van der Waals surface area contributed by atoms with E-state index >= 15 is 0 Å². The molecule has 0 saturated carbocycles. The molecule has 2 aromatic rings. The second-order valence-corrected chi connectivity index (χ2v) is 7.13. The van der Waals surface area contributed by atoms with Crippen LogP contribution < -0.4 is 9.80 Å². The third-order valence-electron chi connectivity index (χ3n) is 5.44. The monoisotopic (exact) mass is 385 g/mol. The number of nitrogens with zero attached hydrogens (tertiary/aromatic N) is 4. The van der Waals surface area contributed by atoms with Gasteiger partial charge in [-0.15, -0.1) is 0 Å². The maximum absolute atomic E-state index is 12.8. The number of nitrogens with one attached hydrogen (secondary N) is 1. The number of aromatic nitrogens is 3. The van der Waals surface area contributed by atoms with Gasteiger partial charge in [0.1, 0.15) is 6.10 Å². The molecular formula is C20H27N5O3. The summed E-state index contributed by atoms with van der Waals surface area (Å²) in [4.78, 5) is 25.5. The molecule has 2 aromatic heterocycles. The third kappa shape index (κ3) is 3.62. The lowest BCUT2D eigenvalue weighted by Gasteiger charge is -2.33. The van der Waals surface area contributed by atoms with Gasteiger partial charge in [0.15, 0.2) is 5.69 Å². The minimum Gasteiger partial charge on any atom is -0.478 e. The molecule has 1 aliphatic heterocycles. The van der Waals surface area contributed by atoms with Crippen LogP contribution in [0.3, 0.4) is 0 Å². The molecule has 28 heavy (non-hydrogen) atoms. The molecule has 0 aromatic carbocycles. The summed E-state index contributed by atoms with van der Waals surface area (Å²) in [5.41, 5.74) is 2.99. The number of anilines is 1. The predicted octanol–water partition coefficient (Wildman–Crippen LogP) is 2.88. The molecule has 2 aliphatic rings. The van der Waals surface area contributed by atoms with E-state index in [1.165, 1.54) is 5.06 Å². The van der Waals surface area contributed by atoms with E-state index in [0.717, 1.165) is 56.6 Å². The van der Waals surface area contributed by atoms with Crippen LogP contribution in [0.2, 0.25) is 0 Å². The van der Waals surface area contributed by atoms with Gasteiger partial charge in [0.25, 0.3) is 0 Å². The largest absolute Gasteiger partial charge is 0.478 e. The number of aryl methyl sites for hydroxylation is 1. The minimum absolute atomic E-state index is 0.133. The molecule has 1 amide bonds. The first-order valence-corrected chi connectivity index (χ1v) is 10.1. The molecule has 4 rings (SSSR count). The van der Waals surface area contributed by atoms with Crippen LogP contribution in [0.1, 0.15) is 61.0 Å². The van der Waals surface area contributed by atoms with E-state index in [4.69, 9.17) is 9.57 Å². The Hall–Kier alpha value is -2.45. The number of carbonyl (C=O) groups is 1. The number of H-pyrrole nitrogens is 1. The number of aromatic amines is 1. The van der Waals surface area contributed by atoms with Crippen molar-refractivity contribution in [2.24, 2.45) is 0 Å². The number of hydrogen-bond donors (Lipinski definition) is 1. The van der Waals surface area contributed by atoms with Crippen molar-refractivity contribution in [3.05, 3.63) is 35.3 Å². The molecule has 8 nitrogen and oxygen atoms in total.